The first-order valence-electron chi connectivity index (χ1n) is 7.78. The van der Waals surface area contributed by atoms with Crippen molar-refractivity contribution in [3.63, 3.8) is 0 Å². The number of piperidine rings is 1. The fraction of sp³-hybridized carbons (Fsp3) is 0.400. The van der Waals surface area contributed by atoms with E-state index in [1.165, 1.54) is 6.07 Å². The van der Waals surface area contributed by atoms with Crippen LogP contribution in [0, 0.1) is 10.1 Å². The van der Waals surface area contributed by atoms with E-state index in [2.05, 4.69) is 20.9 Å². The van der Waals surface area contributed by atoms with Crippen molar-refractivity contribution in [2.45, 2.75) is 25.4 Å². The summed E-state index contributed by atoms with van der Waals surface area (Å²) in [6.07, 6.45) is 3.52. The Labute approximate surface area is 138 Å². The van der Waals surface area contributed by atoms with Gasteiger partial charge in [-0.15, -0.1) is 5.10 Å². The number of hydrogen-bond acceptors (Lipinski definition) is 6. The maximum Gasteiger partial charge on any atom is 0.274 e. The highest BCUT2D eigenvalue weighted by Crippen LogP contribution is 2.18. The van der Waals surface area contributed by atoms with Gasteiger partial charge in [0, 0.05) is 18.2 Å². The zero-order valence-corrected chi connectivity index (χ0v) is 13.0. The Bertz CT molecular complexity index is 738. The molecule has 1 aromatic carbocycles. The summed E-state index contributed by atoms with van der Waals surface area (Å²) in [7, 11) is 0. The highest BCUT2D eigenvalue weighted by Gasteiger charge is 2.19. The molecule has 1 amide bonds. The second kappa shape index (κ2) is 7.18. The number of benzene rings is 1. The molecule has 1 fully saturated rings. The molecule has 0 spiro atoms. The molecule has 0 aliphatic carbocycles. The van der Waals surface area contributed by atoms with Gasteiger partial charge in [0.2, 0.25) is 0 Å². The molecule has 2 aromatic rings. The van der Waals surface area contributed by atoms with Crippen LogP contribution in [0.15, 0.2) is 30.5 Å². The largest absolute Gasteiger partial charge is 0.346 e. The molecular formula is C15H18N6O3. The summed E-state index contributed by atoms with van der Waals surface area (Å²) in [5.41, 5.74) is 0.643. The van der Waals surface area contributed by atoms with E-state index in [1.54, 1.807) is 29.1 Å². The normalized spacial score (nSPS) is 15.2. The lowest BCUT2D eigenvalue weighted by Crippen LogP contribution is -2.29. The summed E-state index contributed by atoms with van der Waals surface area (Å²) in [5, 5.41) is 24.8. The van der Waals surface area contributed by atoms with Crippen LogP contribution in [0.5, 0.6) is 0 Å². The van der Waals surface area contributed by atoms with Crippen molar-refractivity contribution in [1.29, 1.82) is 0 Å². The lowest BCUT2D eigenvalue weighted by atomic mass is 10.1. The predicted molar refractivity (Wildman–Crippen MR) is 85.4 cm³/mol. The van der Waals surface area contributed by atoms with E-state index in [4.69, 9.17) is 0 Å². The second-order valence-electron chi connectivity index (χ2n) is 5.63. The van der Waals surface area contributed by atoms with Crippen LogP contribution in [-0.4, -0.2) is 38.9 Å². The summed E-state index contributed by atoms with van der Waals surface area (Å²) in [6, 6.07) is 6.56. The van der Waals surface area contributed by atoms with Gasteiger partial charge in [-0.3, -0.25) is 14.9 Å². The fourth-order valence-electron chi connectivity index (χ4n) is 2.73. The lowest BCUT2D eigenvalue weighted by Gasteiger charge is -2.22. The van der Waals surface area contributed by atoms with Gasteiger partial charge < -0.3 is 10.6 Å². The van der Waals surface area contributed by atoms with Gasteiger partial charge in [-0.05, 0) is 25.9 Å². The third-order valence-corrected chi connectivity index (χ3v) is 4.05. The molecule has 126 valence electrons. The minimum Gasteiger partial charge on any atom is -0.346 e. The number of hydrogen-bond donors (Lipinski definition) is 2. The molecule has 1 aliphatic rings. The highest BCUT2D eigenvalue weighted by atomic mass is 16.6. The number of carbonyl (C=O) groups excluding carboxylic acids is 1. The Morgan fingerprint density at radius 3 is 2.88 bits per heavy atom. The Kier molecular flexibility index (Phi) is 4.80. The summed E-state index contributed by atoms with van der Waals surface area (Å²) < 4.78 is 1.72. The molecule has 0 bridgehead atoms. The number of amides is 1. The molecule has 1 aliphatic heterocycles. The maximum atomic E-state index is 12.2. The summed E-state index contributed by atoms with van der Waals surface area (Å²) in [5.74, 6) is -0.395. The topological polar surface area (TPSA) is 115 Å². The Balaban J connectivity index is 1.63. The van der Waals surface area contributed by atoms with Gasteiger partial charge in [-0.25, -0.2) is 4.68 Å². The smallest absolute Gasteiger partial charge is 0.274 e. The molecule has 2 heterocycles. The number of aromatic nitrogens is 3. The standard InChI is InChI=1S/C15H18N6O3/c22-15(17-9-11-3-1-2-4-14(11)21(23)24)13-10-20(19-18-13)12-5-7-16-8-6-12/h1-4,10,12,16H,5-9H2,(H,17,22). The molecule has 0 radical (unpaired) electrons. The van der Waals surface area contributed by atoms with E-state index < -0.39 is 10.8 Å². The van der Waals surface area contributed by atoms with Crippen molar-refractivity contribution in [2.24, 2.45) is 0 Å². The lowest BCUT2D eigenvalue weighted by molar-refractivity contribution is -0.385. The van der Waals surface area contributed by atoms with Crippen LogP contribution in [0.25, 0.3) is 0 Å². The number of carbonyl (C=O) groups is 1. The Hall–Kier alpha value is -2.81. The van der Waals surface area contributed by atoms with Gasteiger partial charge in [0.05, 0.1) is 17.2 Å². The number of rotatable bonds is 5. The zero-order chi connectivity index (χ0) is 16.9. The average Bonchev–Trinajstić information content (AvgIpc) is 3.11. The van der Waals surface area contributed by atoms with Crippen LogP contribution >= 0.6 is 0 Å². The van der Waals surface area contributed by atoms with Crippen LogP contribution in [0.3, 0.4) is 0 Å². The highest BCUT2D eigenvalue weighted by molar-refractivity contribution is 5.91. The summed E-state index contributed by atoms with van der Waals surface area (Å²) in [6.45, 7) is 1.91. The molecule has 9 nitrogen and oxygen atoms in total. The van der Waals surface area contributed by atoms with Gasteiger partial charge in [-0.2, -0.15) is 0 Å². The van der Waals surface area contributed by atoms with E-state index in [9.17, 15) is 14.9 Å². The minimum atomic E-state index is -0.463. The van der Waals surface area contributed by atoms with Crippen LogP contribution < -0.4 is 10.6 Å². The van der Waals surface area contributed by atoms with Gasteiger partial charge >= 0.3 is 0 Å². The summed E-state index contributed by atoms with van der Waals surface area (Å²) >= 11 is 0. The molecule has 0 unspecified atom stereocenters. The first kappa shape index (κ1) is 16.1. The predicted octanol–water partition coefficient (Wildman–Crippen LogP) is 1.04. The number of para-hydroxylation sites is 1. The number of nitrogens with one attached hydrogen (secondary N) is 2. The van der Waals surface area contributed by atoms with Gasteiger partial charge in [0.1, 0.15) is 0 Å². The first-order valence-corrected chi connectivity index (χ1v) is 7.78. The van der Waals surface area contributed by atoms with Crippen molar-refractivity contribution >= 4 is 11.6 Å². The van der Waals surface area contributed by atoms with Crippen LogP contribution in [0.1, 0.15) is 34.9 Å². The molecule has 0 atom stereocenters. The van der Waals surface area contributed by atoms with Gasteiger partial charge in [0.25, 0.3) is 11.6 Å². The van der Waals surface area contributed by atoms with Crippen molar-refractivity contribution in [2.75, 3.05) is 13.1 Å². The van der Waals surface area contributed by atoms with Crippen molar-refractivity contribution in [1.82, 2.24) is 25.6 Å². The minimum absolute atomic E-state index is 0.0174. The molecule has 2 N–H and O–H groups in total. The third kappa shape index (κ3) is 3.57. The monoisotopic (exact) mass is 330 g/mol. The maximum absolute atomic E-state index is 12.2. The fourth-order valence-corrected chi connectivity index (χ4v) is 2.73. The zero-order valence-electron chi connectivity index (χ0n) is 13.0. The van der Waals surface area contributed by atoms with E-state index in [0.29, 0.717) is 5.56 Å². The van der Waals surface area contributed by atoms with Crippen LogP contribution in [0.4, 0.5) is 5.69 Å². The van der Waals surface area contributed by atoms with Crippen molar-refractivity contribution in [3.05, 3.63) is 51.8 Å². The molecule has 0 saturated carbocycles. The molecule has 9 heteroatoms. The van der Waals surface area contributed by atoms with Crippen LogP contribution in [-0.2, 0) is 6.54 Å². The van der Waals surface area contributed by atoms with Gasteiger partial charge in [-0.1, -0.05) is 23.4 Å². The number of nitro groups is 1. The molecule has 1 aromatic heterocycles. The summed E-state index contributed by atoms with van der Waals surface area (Å²) in [4.78, 5) is 22.7. The number of nitro benzene ring substituents is 1. The Morgan fingerprint density at radius 2 is 2.12 bits per heavy atom. The molecule has 1 saturated heterocycles. The quantitative estimate of drug-likeness (QED) is 0.625. The van der Waals surface area contributed by atoms with Crippen molar-refractivity contribution < 1.29 is 9.72 Å². The third-order valence-electron chi connectivity index (χ3n) is 4.05. The molecule has 3 rings (SSSR count). The van der Waals surface area contributed by atoms with E-state index in [-0.39, 0.29) is 24.0 Å². The second-order valence-corrected chi connectivity index (χ2v) is 5.63. The van der Waals surface area contributed by atoms with Crippen LogP contribution in [0.2, 0.25) is 0 Å². The van der Waals surface area contributed by atoms with Crippen molar-refractivity contribution in [3.8, 4) is 0 Å². The average molecular weight is 330 g/mol. The number of nitrogens with zero attached hydrogens (tertiary/aromatic N) is 4. The molecular weight excluding hydrogens is 312 g/mol. The van der Waals surface area contributed by atoms with Gasteiger partial charge in [0.15, 0.2) is 5.69 Å². The van der Waals surface area contributed by atoms with E-state index >= 15 is 0 Å². The molecule has 24 heavy (non-hydrogen) atoms. The van der Waals surface area contributed by atoms with E-state index in [1.807, 2.05) is 0 Å². The Morgan fingerprint density at radius 1 is 1.38 bits per heavy atom. The van der Waals surface area contributed by atoms with E-state index in [0.717, 1.165) is 25.9 Å². The SMILES string of the molecule is O=C(NCc1ccccc1[N+](=O)[O-])c1cn(C2CCNCC2)nn1. The first-order chi connectivity index (χ1) is 11.6.